The number of para-hydroxylation sites is 2. The minimum Gasteiger partial charge on any atom is -0.311 e. The first-order valence-electron chi connectivity index (χ1n) is 13.4. The fraction of sp³-hybridized carbons (Fsp3) is 0.0811. The minimum atomic E-state index is 0.504. The van der Waals surface area contributed by atoms with Crippen LogP contribution < -0.4 is 9.80 Å². The Hall–Kier alpha value is -5.00. The van der Waals surface area contributed by atoms with E-state index in [1.807, 2.05) is 12.2 Å². The lowest BCUT2D eigenvalue weighted by molar-refractivity contribution is 0.692. The highest BCUT2D eigenvalue weighted by Gasteiger charge is 2.19. The van der Waals surface area contributed by atoms with Crippen LogP contribution in [0.15, 0.2) is 169 Å². The largest absolute Gasteiger partial charge is 0.311 e. The van der Waals surface area contributed by atoms with Crippen molar-refractivity contribution in [1.29, 1.82) is 0 Å². The van der Waals surface area contributed by atoms with Crippen LogP contribution >= 0.6 is 0 Å². The van der Waals surface area contributed by atoms with Gasteiger partial charge in [-0.1, -0.05) is 91.5 Å². The average molecular weight is 503 g/mol. The number of benzene rings is 4. The first kappa shape index (κ1) is 24.3. The summed E-state index contributed by atoms with van der Waals surface area (Å²) >= 11 is 0. The molecule has 39 heavy (non-hydrogen) atoms. The summed E-state index contributed by atoms with van der Waals surface area (Å²) in [4.78, 5) is 4.58. The number of nitrogens with zero attached hydrogens (tertiary/aromatic N) is 2. The summed E-state index contributed by atoms with van der Waals surface area (Å²) in [6, 6.07) is 38.6. The van der Waals surface area contributed by atoms with E-state index in [2.05, 4.69) is 162 Å². The third kappa shape index (κ3) is 5.35. The smallest absolute Gasteiger partial charge is 0.0970 e. The molecule has 2 aliphatic carbocycles. The number of anilines is 4. The van der Waals surface area contributed by atoms with Gasteiger partial charge in [-0.15, -0.1) is 0 Å². The van der Waals surface area contributed by atoms with E-state index in [9.17, 15) is 0 Å². The molecular weight excluding hydrogens is 472 g/mol. The molecule has 2 heteroatoms. The van der Waals surface area contributed by atoms with Gasteiger partial charge in [0.1, 0.15) is 0 Å². The maximum atomic E-state index is 3.30. The predicted molar refractivity (Wildman–Crippen MR) is 164 cm³/mol. The van der Waals surface area contributed by atoms with Crippen molar-refractivity contribution < 1.29 is 0 Å². The molecule has 0 amide bonds. The molecule has 0 aliphatic heterocycles. The third-order valence-corrected chi connectivity index (χ3v) is 7.03. The number of hydrogen-bond acceptors (Lipinski definition) is 2. The molecule has 0 radical (unpaired) electrons. The monoisotopic (exact) mass is 502 g/mol. The Kier molecular flexibility index (Phi) is 6.97. The second-order valence-electron chi connectivity index (χ2n) is 9.84. The van der Waals surface area contributed by atoms with Crippen molar-refractivity contribution in [2.75, 3.05) is 9.80 Å². The molecule has 6 rings (SSSR count). The van der Waals surface area contributed by atoms with Crippen LogP contribution in [-0.2, 0) is 0 Å². The topological polar surface area (TPSA) is 6.48 Å². The molecule has 0 spiro atoms. The summed E-state index contributed by atoms with van der Waals surface area (Å²) in [6.45, 7) is 2.26. The lowest BCUT2D eigenvalue weighted by Gasteiger charge is -2.30. The highest BCUT2D eigenvalue weighted by molar-refractivity contribution is 5.78. The molecule has 0 aromatic heterocycles. The Bertz CT molecular complexity index is 1590. The highest BCUT2D eigenvalue weighted by atomic mass is 15.2. The summed E-state index contributed by atoms with van der Waals surface area (Å²) in [5.41, 5.74) is 15.6. The SMILES string of the molecule is CC1C=CC=C(N(C2=C=C=CC=C2)c2ccc(-c3ccc(N(c4ccccc4)c4ccccc4)cc3)cc2)C1. The van der Waals surface area contributed by atoms with Crippen molar-refractivity contribution in [3.63, 3.8) is 0 Å². The van der Waals surface area contributed by atoms with Gasteiger partial charge in [0.25, 0.3) is 0 Å². The van der Waals surface area contributed by atoms with Gasteiger partial charge in [-0.05, 0) is 96.0 Å². The van der Waals surface area contributed by atoms with Gasteiger partial charge in [-0.2, -0.15) is 0 Å². The molecule has 0 saturated heterocycles. The number of hydrogen-bond donors (Lipinski definition) is 0. The lowest BCUT2D eigenvalue weighted by Crippen LogP contribution is -2.23. The zero-order valence-corrected chi connectivity index (χ0v) is 22.0. The van der Waals surface area contributed by atoms with E-state index in [1.54, 1.807) is 0 Å². The lowest BCUT2D eigenvalue weighted by atomic mass is 9.98. The van der Waals surface area contributed by atoms with Gasteiger partial charge in [-0.25, -0.2) is 0 Å². The zero-order chi connectivity index (χ0) is 26.4. The maximum absolute atomic E-state index is 3.30. The Labute approximate surface area is 231 Å². The summed E-state index contributed by atoms with van der Waals surface area (Å²) in [6.07, 6.45) is 13.6. The predicted octanol–water partition coefficient (Wildman–Crippen LogP) is 9.87. The van der Waals surface area contributed by atoms with E-state index < -0.39 is 0 Å². The quantitative estimate of drug-likeness (QED) is 0.232. The van der Waals surface area contributed by atoms with E-state index in [4.69, 9.17) is 0 Å². The van der Waals surface area contributed by atoms with E-state index >= 15 is 0 Å². The van der Waals surface area contributed by atoms with Crippen molar-refractivity contribution >= 4 is 22.7 Å². The van der Waals surface area contributed by atoms with Gasteiger partial charge in [0.2, 0.25) is 0 Å². The van der Waals surface area contributed by atoms with Crippen LogP contribution in [-0.4, -0.2) is 0 Å². The summed E-state index contributed by atoms with van der Waals surface area (Å²) in [7, 11) is 0. The highest BCUT2D eigenvalue weighted by Crippen LogP contribution is 2.36. The minimum absolute atomic E-state index is 0.504. The molecule has 0 saturated carbocycles. The Morgan fingerprint density at radius 3 is 1.67 bits per heavy atom. The zero-order valence-electron chi connectivity index (χ0n) is 22.0. The van der Waals surface area contributed by atoms with Gasteiger partial charge in [-0.3, -0.25) is 0 Å². The van der Waals surface area contributed by atoms with Crippen molar-refractivity contribution in [2.45, 2.75) is 13.3 Å². The standard InChI is InChI=1S/C37H30N2/c1-29-12-11-19-37(28-29)39(34-17-9-4-10-18-34)36-26-22-31(23-27-36)30-20-24-35(25-21-30)38(32-13-5-2-6-14-32)33-15-7-3-8-16-33/h2-9,11-17,19-27,29H,28H2,1H3. The van der Waals surface area contributed by atoms with E-state index in [1.165, 1.54) is 16.8 Å². The first-order chi connectivity index (χ1) is 19.3. The van der Waals surface area contributed by atoms with Gasteiger partial charge in [0.05, 0.1) is 5.70 Å². The van der Waals surface area contributed by atoms with Gasteiger partial charge < -0.3 is 9.80 Å². The molecule has 4 aromatic carbocycles. The normalized spacial score (nSPS) is 15.6. The van der Waals surface area contributed by atoms with Crippen LogP contribution in [0, 0.1) is 5.92 Å². The van der Waals surface area contributed by atoms with Crippen LogP contribution in [0.5, 0.6) is 0 Å². The van der Waals surface area contributed by atoms with Crippen molar-refractivity contribution in [2.24, 2.45) is 5.92 Å². The molecule has 1 atom stereocenters. The Morgan fingerprint density at radius 1 is 0.615 bits per heavy atom. The molecule has 0 N–H and O–H groups in total. The Balaban J connectivity index is 1.30. The molecule has 0 fully saturated rings. The second kappa shape index (κ2) is 11.2. The molecule has 1 unspecified atom stereocenters. The Morgan fingerprint density at radius 2 is 1.15 bits per heavy atom. The van der Waals surface area contributed by atoms with Crippen LogP contribution in [0.4, 0.5) is 22.7 Å². The van der Waals surface area contributed by atoms with Crippen LogP contribution in [0.2, 0.25) is 0 Å². The van der Waals surface area contributed by atoms with E-state index in [0.717, 1.165) is 34.9 Å². The van der Waals surface area contributed by atoms with Gasteiger partial charge in [0.15, 0.2) is 0 Å². The average Bonchev–Trinajstić information content (AvgIpc) is 3.00. The first-order valence-corrected chi connectivity index (χ1v) is 13.4. The van der Waals surface area contributed by atoms with Crippen LogP contribution in [0.3, 0.4) is 0 Å². The van der Waals surface area contributed by atoms with Crippen LogP contribution in [0.1, 0.15) is 13.3 Å². The molecular formula is C37H30N2. The molecule has 2 aliphatic rings. The second-order valence-corrected chi connectivity index (χ2v) is 9.84. The van der Waals surface area contributed by atoms with Crippen LogP contribution in [0.25, 0.3) is 11.1 Å². The number of allylic oxidation sites excluding steroid dienone is 7. The third-order valence-electron chi connectivity index (χ3n) is 7.03. The summed E-state index contributed by atoms with van der Waals surface area (Å²) in [5, 5.41) is 0. The van der Waals surface area contributed by atoms with E-state index in [-0.39, 0.29) is 0 Å². The fourth-order valence-electron chi connectivity index (χ4n) is 5.13. The maximum Gasteiger partial charge on any atom is 0.0970 e. The summed E-state index contributed by atoms with van der Waals surface area (Å²) in [5.74, 6) is 0.504. The summed E-state index contributed by atoms with van der Waals surface area (Å²) < 4.78 is 0. The van der Waals surface area contributed by atoms with Crippen molar-refractivity contribution in [3.8, 4) is 11.1 Å². The molecule has 0 bridgehead atoms. The van der Waals surface area contributed by atoms with E-state index in [0.29, 0.717) is 5.92 Å². The van der Waals surface area contributed by atoms with Gasteiger partial charge >= 0.3 is 0 Å². The van der Waals surface area contributed by atoms with Crippen molar-refractivity contribution in [1.82, 2.24) is 0 Å². The van der Waals surface area contributed by atoms with Gasteiger partial charge in [0, 0.05) is 28.4 Å². The number of rotatable bonds is 7. The molecule has 4 aromatic rings. The molecule has 0 heterocycles. The molecule has 2 nitrogen and oxygen atoms in total. The fourth-order valence-corrected chi connectivity index (χ4v) is 5.13. The van der Waals surface area contributed by atoms with Crippen molar-refractivity contribution in [3.05, 3.63) is 169 Å². The molecule has 188 valence electrons.